The van der Waals surface area contributed by atoms with Crippen LogP contribution in [0.4, 0.5) is 0 Å². The van der Waals surface area contributed by atoms with Gasteiger partial charge in [0.2, 0.25) is 5.91 Å². The zero-order valence-corrected chi connectivity index (χ0v) is 10.6. The van der Waals surface area contributed by atoms with Gasteiger partial charge in [-0.15, -0.1) is 0 Å². The first-order chi connectivity index (χ1) is 7.53. The van der Waals surface area contributed by atoms with Gasteiger partial charge in [-0.05, 0) is 19.3 Å². The summed E-state index contributed by atoms with van der Waals surface area (Å²) in [6, 6.07) is 2.43. The van der Waals surface area contributed by atoms with Gasteiger partial charge in [0.25, 0.3) is 0 Å². The number of hydrogen-bond acceptors (Lipinski definition) is 2. The standard InChI is InChI=1S/C13H22N2O/c1-4-13(2,3)12(16)15(10-9-14)11-7-5-6-8-11/h11H,4-8,10H2,1-3H3. The van der Waals surface area contributed by atoms with Crippen LogP contribution in [0, 0.1) is 16.7 Å². The maximum atomic E-state index is 12.3. The smallest absolute Gasteiger partial charge is 0.229 e. The Labute approximate surface area is 98.4 Å². The van der Waals surface area contributed by atoms with Gasteiger partial charge in [-0.3, -0.25) is 4.79 Å². The molecule has 3 nitrogen and oxygen atoms in total. The van der Waals surface area contributed by atoms with E-state index in [9.17, 15) is 4.79 Å². The lowest BCUT2D eigenvalue weighted by Crippen LogP contribution is -2.45. The van der Waals surface area contributed by atoms with Crippen molar-refractivity contribution in [1.29, 1.82) is 5.26 Å². The van der Waals surface area contributed by atoms with E-state index in [1.54, 1.807) is 4.90 Å². The molecule has 1 aliphatic rings. The second kappa shape index (κ2) is 5.34. The Balaban J connectivity index is 2.77. The summed E-state index contributed by atoms with van der Waals surface area (Å²) < 4.78 is 0. The molecule has 0 aromatic carbocycles. The van der Waals surface area contributed by atoms with Crippen molar-refractivity contribution in [3.63, 3.8) is 0 Å². The molecule has 0 saturated heterocycles. The summed E-state index contributed by atoms with van der Waals surface area (Å²) in [5.41, 5.74) is -0.334. The Morgan fingerprint density at radius 3 is 2.44 bits per heavy atom. The Morgan fingerprint density at radius 2 is 2.00 bits per heavy atom. The Morgan fingerprint density at radius 1 is 1.44 bits per heavy atom. The van der Waals surface area contributed by atoms with Gasteiger partial charge in [0.05, 0.1) is 6.07 Å². The fraction of sp³-hybridized carbons (Fsp3) is 0.846. The van der Waals surface area contributed by atoms with E-state index in [0.717, 1.165) is 19.3 Å². The molecule has 0 aromatic heterocycles. The third-order valence-corrected chi connectivity index (χ3v) is 3.73. The topological polar surface area (TPSA) is 44.1 Å². The predicted octanol–water partition coefficient (Wildman–Crippen LogP) is 2.72. The van der Waals surface area contributed by atoms with Crippen LogP contribution < -0.4 is 0 Å². The summed E-state index contributed by atoms with van der Waals surface area (Å²) in [5.74, 6) is 0.142. The molecular weight excluding hydrogens is 200 g/mol. The zero-order chi connectivity index (χ0) is 12.2. The van der Waals surface area contributed by atoms with Crippen molar-refractivity contribution in [2.75, 3.05) is 6.54 Å². The molecule has 0 aromatic rings. The second-order valence-corrected chi connectivity index (χ2v) is 5.27. The maximum Gasteiger partial charge on any atom is 0.229 e. The van der Waals surface area contributed by atoms with Crippen LogP contribution in [0.25, 0.3) is 0 Å². The van der Waals surface area contributed by atoms with E-state index in [1.807, 2.05) is 20.8 Å². The molecule has 16 heavy (non-hydrogen) atoms. The van der Waals surface area contributed by atoms with Crippen molar-refractivity contribution in [3.8, 4) is 6.07 Å². The summed E-state index contributed by atoms with van der Waals surface area (Å²) in [7, 11) is 0. The molecule has 1 fully saturated rings. The minimum absolute atomic E-state index is 0.142. The van der Waals surface area contributed by atoms with Crippen LogP contribution in [-0.4, -0.2) is 23.4 Å². The van der Waals surface area contributed by atoms with Crippen molar-refractivity contribution >= 4 is 5.91 Å². The molecule has 0 spiro atoms. The minimum Gasteiger partial charge on any atom is -0.326 e. The van der Waals surface area contributed by atoms with Crippen LogP contribution in [0.2, 0.25) is 0 Å². The van der Waals surface area contributed by atoms with Gasteiger partial charge >= 0.3 is 0 Å². The fourth-order valence-electron chi connectivity index (χ4n) is 2.20. The highest BCUT2D eigenvalue weighted by Gasteiger charge is 2.34. The van der Waals surface area contributed by atoms with E-state index in [2.05, 4.69) is 6.07 Å². The maximum absolute atomic E-state index is 12.3. The quantitative estimate of drug-likeness (QED) is 0.686. The second-order valence-electron chi connectivity index (χ2n) is 5.27. The van der Waals surface area contributed by atoms with Crippen LogP contribution in [0.1, 0.15) is 52.9 Å². The lowest BCUT2D eigenvalue weighted by molar-refractivity contribution is -0.142. The molecule has 90 valence electrons. The van der Waals surface area contributed by atoms with Gasteiger partial charge in [-0.2, -0.15) is 5.26 Å². The number of hydrogen-bond donors (Lipinski definition) is 0. The number of nitriles is 1. The van der Waals surface area contributed by atoms with Gasteiger partial charge in [0.15, 0.2) is 0 Å². The molecule has 0 radical (unpaired) electrons. The van der Waals surface area contributed by atoms with E-state index in [1.165, 1.54) is 12.8 Å². The molecule has 0 heterocycles. The first-order valence-corrected chi connectivity index (χ1v) is 6.21. The third-order valence-electron chi connectivity index (χ3n) is 3.73. The van der Waals surface area contributed by atoms with Crippen LogP contribution in [-0.2, 0) is 4.79 Å². The van der Waals surface area contributed by atoms with E-state index < -0.39 is 0 Å². The molecule has 1 aliphatic carbocycles. The Bertz CT molecular complexity index is 285. The van der Waals surface area contributed by atoms with Crippen molar-refractivity contribution < 1.29 is 4.79 Å². The van der Waals surface area contributed by atoms with E-state index >= 15 is 0 Å². The van der Waals surface area contributed by atoms with Crippen LogP contribution in [0.5, 0.6) is 0 Å². The normalized spacial score (nSPS) is 17.1. The largest absolute Gasteiger partial charge is 0.326 e. The summed E-state index contributed by atoms with van der Waals surface area (Å²) in [6.45, 7) is 6.20. The first kappa shape index (κ1) is 13.0. The highest BCUT2D eigenvalue weighted by molar-refractivity contribution is 5.82. The van der Waals surface area contributed by atoms with Gasteiger partial charge < -0.3 is 4.90 Å². The predicted molar refractivity (Wildman–Crippen MR) is 63.7 cm³/mol. The van der Waals surface area contributed by atoms with Crippen LogP contribution in [0.3, 0.4) is 0 Å². The van der Waals surface area contributed by atoms with Crippen molar-refractivity contribution in [2.24, 2.45) is 5.41 Å². The fourth-order valence-corrected chi connectivity index (χ4v) is 2.20. The van der Waals surface area contributed by atoms with Crippen LogP contribution in [0.15, 0.2) is 0 Å². The lowest BCUT2D eigenvalue weighted by atomic mass is 9.88. The highest BCUT2D eigenvalue weighted by Crippen LogP contribution is 2.29. The van der Waals surface area contributed by atoms with Gasteiger partial charge in [0.1, 0.15) is 6.54 Å². The van der Waals surface area contributed by atoms with Gasteiger partial charge in [0, 0.05) is 11.5 Å². The molecule has 0 N–H and O–H groups in total. The Kier molecular flexibility index (Phi) is 4.35. The van der Waals surface area contributed by atoms with E-state index in [0.29, 0.717) is 6.04 Å². The average Bonchev–Trinajstić information content (AvgIpc) is 2.78. The van der Waals surface area contributed by atoms with Crippen molar-refractivity contribution in [1.82, 2.24) is 4.90 Å². The molecule has 0 unspecified atom stereocenters. The molecule has 0 bridgehead atoms. The molecule has 3 heteroatoms. The number of rotatable bonds is 4. The van der Waals surface area contributed by atoms with Crippen LogP contribution >= 0.6 is 0 Å². The lowest BCUT2D eigenvalue weighted by Gasteiger charge is -2.33. The minimum atomic E-state index is -0.334. The summed E-state index contributed by atoms with van der Waals surface area (Å²) >= 11 is 0. The summed E-state index contributed by atoms with van der Waals surface area (Å²) in [4.78, 5) is 14.1. The molecule has 1 saturated carbocycles. The zero-order valence-electron chi connectivity index (χ0n) is 10.6. The molecule has 1 rings (SSSR count). The summed E-state index contributed by atoms with van der Waals surface area (Å²) in [5, 5.41) is 8.84. The van der Waals surface area contributed by atoms with Gasteiger partial charge in [-0.25, -0.2) is 0 Å². The molecular formula is C13H22N2O. The monoisotopic (exact) mass is 222 g/mol. The molecule has 1 amide bonds. The molecule has 0 aliphatic heterocycles. The molecule has 0 atom stereocenters. The number of amides is 1. The third kappa shape index (κ3) is 2.75. The van der Waals surface area contributed by atoms with Crippen molar-refractivity contribution in [3.05, 3.63) is 0 Å². The van der Waals surface area contributed by atoms with E-state index in [-0.39, 0.29) is 17.9 Å². The summed E-state index contributed by atoms with van der Waals surface area (Å²) in [6.07, 6.45) is 5.32. The number of nitrogens with zero attached hydrogens (tertiary/aromatic N) is 2. The SMILES string of the molecule is CCC(C)(C)C(=O)N(CC#N)C1CCCC1. The Hall–Kier alpha value is -1.04. The first-order valence-electron chi connectivity index (χ1n) is 6.21. The highest BCUT2D eigenvalue weighted by atomic mass is 16.2. The number of carbonyl (C=O) groups is 1. The van der Waals surface area contributed by atoms with Crippen molar-refractivity contribution in [2.45, 2.75) is 58.9 Å². The average molecular weight is 222 g/mol. The van der Waals surface area contributed by atoms with E-state index in [4.69, 9.17) is 5.26 Å². The van der Waals surface area contributed by atoms with Gasteiger partial charge in [-0.1, -0.05) is 33.6 Å². The number of carbonyl (C=O) groups excluding carboxylic acids is 1.